The van der Waals surface area contributed by atoms with Gasteiger partial charge in [0.1, 0.15) is 6.10 Å². The monoisotopic (exact) mass is 348 g/mol. The maximum Gasteiger partial charge on any atom is 0.297 e. The second kappa shape index (κ2) is 8.42. The summed E-state index contributed by atoms with van der Waals surface area (Å²) < 4.78 is 36.0. The van der Waals surface area contributed by atoms with Gasteiger partial charge in [0.25, 0.3) is 10.1 Å². The van der Waals surface area contributed by atoms with Gasteiger partial charge in [-0.1, -0.05) is 55.0 Å². The van der Waals surface area contributed by atoms with E-state index in [9.17, 15) is 8.42 Å². The third kappa shape index (κ3) is 5.16. The average molecular weight is 348 g/mol. The molecule has 5 heteroatoms. The molecule has 0 fully saturated rings. The number of benzene rings is 2. The largest absolute Gasteiger partial charge is 0.371 e. The van der Waals surface area contributed by atoms with E-state index in [-0.39, 0.29) is 11.0 Å². The number of rotatable bonds is 8. The van der Waals surface area contributed by atoms with Gasteiger partial charge in [0, 0.05) is 0 Å². The van der Waals surface area contributed by atoms with E-state index in [1.165, 1.54) is 0 Å². The Bertz CT molecular complexity index is 724. The molecule has 2 aromatic rings. The van der Waals surface area contributed by atoms with Crippen molar-refractivity contribution >= 4 is 10.1 Å². The van der Waals surface area contributed by atoms with Crippen LogP contribution in [0.25, 0.3) is 0 Å². The summed E-state index contributed by atoms with van der Waals surface area (Å²) in [5.74, 6) is 0. The minimum absolute atomic E-state index is 0.168. The van der Waals surface area contributed by atoms with Crippen LogP contribution in [0, 0.1) is 6.92 Å². The van der Waals surface area contributed by atoms with Crippen molar-refractivity contribution in [2.45, 2.75) is 50.9 Å². The maximum absolute atomic E-state index is 12.4. The molecule has 0 aliphatic heterocycles. The zero-order valence-corrected chi connectivity index (χ0v) is 15.1. The van der Waals surface area contributed by atoms with Crippen molar-refractivity contribution in [2.75, 3.05) is 0 Å². The standard InChI is InChI=1S/C19H24O4S/c1-4-19(16(3)22-14-17-8-6-5-7-9-17)23-24(20,21)18-12-10-15(2)11-13-18/h5-13,16,19H,4,14H2,1-3H3/t16-,19-/m0/s1. The molecule has 0 bridgehead atoms. The number of hydrogen-bond acceptors (Lipinski definition) is 4. The highest BCUT2D eigenvalue weighted by atomic mass is 32.2. The summed E-state index contributed by atoms with van der Waals surface area (Å²) in [6.45, 7) is 6.05. The molecule has 0 aromatic heterocycles. The van der Waals surface area contributed by atoms with E-state index in [2.05, 4.69) is 0 Å². The molecule has 2 aromatic carbocycles. The number of hydrogen-bond donors (Lipinski definition) is 0. The molecule has 4 nitrogen and oxygen atoms in total. The van der Waals surface area contributed by atoms with E-state index >= 15 is 0 Å². The number of aryl methyl sites for hydroxylation is 1. The van der Waals surface area contributed by atoms with E-state index in [1.54, 1.807) is 24.3 Å². The zero-order chi connectivity index (χ0) is 17.6. The van der Waals surface area contributed by atoms with Crippen molar-refractivity contribution in [1.29, 1.82) is 0 Å². The lowest BCUT2D eigenvalue weighted by Gasteiger charge is -2.23. The van der Waals surface area contributed by atoms with Crippen LogP contribution in [0.3, 0.4) is 0 Å². The Labute approximate surface area is 144 Å². The van der Waals surface area contributed by atoms with Crippen LogP contribution in [-0.2, 0) is 25.6 Å². The Hall–Kier alpha value is -1.69. The van der Waals surface area contributed by atoms with Gasteiger partial charge in [-0.05, 0) is 38.0 Å². The van der Waals surface area contributed by atoms with Crippen molar-refractivity contribution in [3.05, 3.63) is 65.7 Å². The van der Waals surface area contributed by atoms with Crippen molar-refractivity contribution < 1.29 is 17.3 Å². The van der Waals surface area contributed by atoms with Crippen LogP contribution in [0.4, 0.5) is 0 Å². The lowest BCUT2D eigenvalue weighted by molar-refractivity contribution is -0.0226. The van der Waals surface area contributed by atoms with Gasteiger partial charge >= 0.3 is 0 Å². The highest BCUT2D eigenvalue weighted by molar-refractivity contribution is 7.86. The SMILES string of the molecule is CC[C@H](OS(=O)(=O)c1ccc(C)cc1)[C@H](C)OCc1ccccc1. The van der Waals surface area contributed by atoms with Crippen molar-refractivity contribution in [1.82, 2.24) is 0 Å². The second-order valence-corrected chi connectivity index (χ2v) is 7.38. The van der Waals surface area contributed by atoms with Gasteiger partial charge in [0.05, 0.1) is 17.6 Å². The van der Waals surface area contributed by atoms with Crippen molar-refractivity contribution in [3.8, 4) is 0 Å². The van der Waals surface area contributed by atoms with Crippen LogP contribution in [0.1, 0.15) is 31.4 Å². The van der Waals surface area contributed by atoms with Gasteiger partial charge in [-0.3, -0.25) is 4.18 Å². The first-order valence-corrected chi connectivity index (χ1v) is 9.48. The molecular weight excluding hydrogens is 324 g/mol. The molecule has 0 unspecified atom stereocenters. The molecule has 0 heterocycles. The van der Waals surface area contributed by atoms with E-state index < -0.39 is 16.2 Å². The maximum atomic E-state index is 12.4. The third-order valence-corrected chi connectivity index (χ3v) is 5.19. The predicted molar refractivity (Wildman–Crippen MR) is 94.2 cm³/mol. The van der Waals surface area contributed by atoms with Crippen LogP contribution < -0.4 is 0 Å². The topological polar surface area (TPSA) is 52.6 Å². The fourth-order valence-corrected chi connectivity index (χ4v) is 3.51. The summed E-state index contributed by atoms with van der Waals surface area (Å²) in [5, 5.41) is 0. The molecule has 130 valence electrons. The smallest absolute Gasteiger partial charge is 0.297 e. The molecule has 2 rings (SSSR count). The van der Waals surface area contributed by atoms with E-state index in [4.69, 9.17) is 8.92 Å². The van der Waals surface area contributed by atoms with Gasteiger partial charge in [0.2, 0.25) is 0 Å². The van der Waals surface area contributed by atoms with Gasteiger partial charge in [-0.25, -0.2) is 0 Å². The van der Waals surface area contributed by atoms with Crippen LogP contribution in [0.15, 0.2) is 59.5 Å². The van der Waals surface area contributed by atoms with Crippen molar-refractivity contribution in [2.24, 2.45) is 0 Å². The molecule has 0 amide bonds. The molecule has 0 saturated heterocycles. The normalized spacial score (nSPS) is 14.3. The lowest BCUT2D eigenvalue weighted by Crippen LogP contribution is -2.31. The Morgan fingerprint density at radius 2 is 1.62 bits per heavy atom. The minimum Gasteiger partial charge on any atom is -0.371 e. The fourth-order valence-electron chi connectivity index (χ4n) is 2.31. The quantitative estimate of drug-likeness (QED) is 0.675. The molecule has 0 aliphatic rings. The molecule has 0 N–H and O–H groups in total. The Balaban J connectivity index is 2.00. The van der Waals surface area contributed by atoms with Gasteiger partial charge in [0.15, 0.2) is 0 Å². The van der Waals surface area contributed by atoms with Gasteiger partial charge < -0.3 is 4.74 Å². The van der Waals surface area contributed by atoms with E-state index in [0.717, 1.165) is 11.1 Å². The molecule has 2 atom stereocenters. The zero-order valence-electron chi connectivity index (χ0n) is 14.3. The van der Waals surface area contributed by atoms with Gasteiger partial charge in [-0.15, -0.1) is 0 Å². The highest BCUT2D eigenvalue weighted by Gasteiger charge is 2.25. The van der Waals surface area contributed by atoms with Gasteiger partial charge in [-0.2, -0.15) is 8.42 Å². The molecule has 0 spiro atoms. The van der Waals surface area contributed by atoms with Crippen LogP contribution >= 0.6 is 0 Å². The first-order chi connectivity index (χ1) is 11.4. The summed E-state index contributed by atoms with van der Waals surface area (Å²) >= 11 is 0. The highest BCUT2D eigenvalue weighted by Crippen LogP contribution is 2.19. The van der Waals surface area contributed by atoms with E-state index in [0.29, 0.717) is 13.0 Å². The van der Waals surface area contributed by atoms with Crippen LogP contribution in [0.2, 0.25) is 0 Å². The third-order valence-electron chi connectivity index (χ3n) is 3.84. The first-order valence-electron chi connectivity index (χ1n) is 8.08. The Morgan fingerprint density at radius 1 is 1.00 bits per heavy atom. The molecular formula is C19H24O4S. The summed E-state index contributed by atoms with van der Waals surface area (Å²) in [7, 11) is -3.80. The van der Waals surface area contributed by atoms with Crippen LogP contribution in [-0.4, -0.2) is 20.6 Å². The van der Waals surface area contributed by atoms with Crippen LogP contribution in [0.5, 0.6) is 0 Å². The molecule has 0 aliphatic carbocycles. The summed E-state index contributed by atoms with van der Waals surface area (Å²) in [5.41, 5.74) is 2.04. The first kappa shape index (κ1) is 18.6. The second-order valence-electron chi connectivity index (χ2n) is 5.81. The van der Waals surface area contributed by atoms with Crippen molar-refractivity contribution in [3.63, 3.8) is 0 Å². The summed E-state index contributed by atoms with van der Waals surface area (Å²) in [4.78, 5) is 0.168. The fraction of sp³-hybridized carbons (Fsp3) is 0.368. The molecule has 0 radical (unpaired) electrons. The Morgan fingerprint density at radius 3 is 2.21 bits per heavy atom. The molecule has 24 heavy (non-hydrogen) atoms. The number of ether oxygens (including phenoxy) is 1. The summed E-state index contributed by atoms with van der Waals surface area (Å²) in [6.07, 6.45) is -0.323. The van der Waals surface area contributed by atoms with E-state index in [1.807, 2.05) is 51.1 Å². The molecule has 0 saturated carbocycles. The predicted octanol–water partition coefficient (Wildman–Crippen LogP) is 4.08. The lowest BCUT2D eigenvalue weighted by atomic mass is 10.2. The summed E-state index contributed by atoms with van der Waals surface area (Å²) in [6, 6.07) is 16.4. The minimum atomic E-state index is -3.80. The average Bonchev–Trinajstić information content (AvgIpc) is 2.59. The Kier molecular flexibility index (Phi) is 6.54.